The summed E-state index contributed by atoms with van der Waals surface area (Å²) in [6.45, 7) is 0. The summed E-state index contributed by atoms with van der Waals surface area (Å²) >= 11 is 0. The minimum absolute atomic E-state index is 0.338. The Labute approximate surface area is 118 Å². The lowest BCUT2D eigenvalue weighted by atomic mass is 9.94. The normalized spacial score (nSPS) is 16.5. The quantitative estimate of drug-likeness (QED) is 0.853. The highest BCUT2D eigenvalue weighted by Crippen LogP contribution is 2.27. The third-order valence-electron chi connectivity index (χ3n) is 3.85. The Morgan fingerprint density at radius 1 is 1.30 bits per heavy atom. The molecule has 1 aliphatic carbocycles. The number of carbonyl (C=O) groups is 1. The van der Waals surface area contributed by atoms with Crippen LogP contribution in [-0.2, 0) is 4.79 Å². The maximum atomic E-state index is 13.7. The van der Waals surface area contributed by atoms with E-state index in [9.17, 15) is 9.18 Å². The second-order valence-corrected chi connectivity index (χ2v) is 5.32. The molecule has 0 radical (unpaired) electrons. The van der Waals surface area contributed by atoms with Gasteiger partial charge < -0.3 is 10.0 Å². The third-order valence-corrected chi connectivity index (χ3v) is 3.85. The van der Waals surface area contributed by atoms with Crippen molar-refractivity contribution < 1.29 is 14.3 Å². The van der Waals surface area contributed by atoms with E-state index in [-0.39, 0.29) is 5.82 Å². The Morgan fingerprint density at radius 2 is 2.00 bits per heavy atom. The number of anilines is 1. The van der Waals surface area contributed by atoms with E-state index in [2.05, 4.69) is 4.90 Å². The summed E-state index contributed by atoms with van der Waals surface area (Å²) in [4.78, 5) is 12.6. The van der Waals surface area contributed by atoms with Crippen molar-refractivity contribution in [3.8, 4) is 0 Å². The van der Waals surface area contributed by atoms with Gasteiger partial charge in [0.1, 0.15) is 5.82 Å². The van der Waals surface area contributed by atoms with Gasteiger partial charge in [-0.05, 0) is 42.7 Å². The standard InChI is InChI=1S/C16H20FNO2/c1-18(14-5-3-2-4-6-14)15-10-12(7-8-16(19)20)9-13(17)11-15/h7-11,14H,2-6H2,1H3,(H,19,20)/b8-7+. The molecular formula is C16H20FNO2. The average Bonchev–Trinajstić information content (AvgIpc) is 2.44. The van der Waals surface area contributed by atoms with E-state index in [1.807, 2.05) is 13.1 Å². The molecule has 0 atom stereocenters. The van der Waals surface area contributed by atoms with Crippen molar-refractivity contribution in [1.29, 1.82) is 0 Å². The smallest absolute Gasteiger partial charge is 0.328 e. The summed E-state index contributed by atoms with van der Waals surface area (Å²) in [5, 5.41) is 8.64. The van der Waals surface area contributed by atoms with Crippen molar-refractivity contribution in [2.75, 3.05) is 11.9 Å². The van der Waals surface area contributed by atoms with Crippen LogP contribution in [0, 0.1) is 5.82 Å². The molecule has 0 unspecified atom stereocenters. The molecule has 0 aromatic heterocycles. The van der Waals surface area contributed by atoms with Gasteiger partial charge in [-0.2, -0.15) is 0 Å². The molecular weight excluding hydrogens is 257 g/mol. The zero-order valence-electron chi connectivity index (χ0n) is 11.7. The van der Waals surface area contributed by atoms with Gasteiger partial charge in [0.15, 0.2) is 0 Å². The number of carboxylic acid groups (broad SMARTS) is 1. The number of aliphatic carboxylic acids is 1. The van der Waals surface area contributed by atoms with Crippen molar-refractivity contribution in [1.82, 2.24) is 0 Å². The lowest BCUT2D eigenvalue weighted by molar-refractivity contribution is -0.131. The average molecular weight is 277 g/mol. The topological polar surface area (TPSA) is 40.5 Å². The lowest BCUT2D eigenvalue weighted by Gasteiger charge is -2.33. The molecule has 1 aliphatic rings. The Kier molecular flexibility index (Phi) is 4.77. The minimum atomic E-state index is -1.03. The van der Waals surface area contributed by atoms with E-state index in [4.69, 9.17) is 5.11 Å². The number of hydrogen-bond donors (Lipinski definition) is 1. The van der Waals surface area contributed by atoms with Gasteiger partial charge in [-0.3, -0.25) is 0 Å². The summed E-state index contributed by atoms with van der Waals surface area (Å²) in [7, 11) is 1.98. The van der Waals surface area contributed by atoms with Crippen molar-refractivity contribution in [3.05, 3.63) is 35.7 Å². The fraction of sp³-hybridized carbons (Fsp3) is 0.438. The second-order valence-electron chi connectivity index (χ2n) is 5.32. The van der Waals surface area contributed by atoms with Crippen LogP contribution in [0.1, 0.15) is 37.7 Å². The number of halogens is 1. The summed E-state index contributed by atoms with van der Waals surface area (Å²) in [6.07, 6.45) is 8.43. The Morgan fingerprint density at radius 3 is 2.65 bits per heavy atom. The van der Waals surface area contributed by atoms with Crippen molar-refractivity contribution in [2.45, 2.75) is 38.1 Å². The summed E-state index contributed by atoms with van der Waals surface area (Å²) < 4.78 is 13.7. The SMILES string of the molecule is CN(c1cc(F)cc(/C=C/C(=O)O)c1)C1CCCCC1. The van der Waals surface area contributed by atoms with Crippen molar-refractivity contribution >= 4 is 17.7 Å². The zero-order chi connectivity index (χ0) is 14.5. The van der Waals surface area contributed by atoms with Crippen LogP contribution < -0.4 is 4.90 Å². The van der Waals surface area contributed by atoms with E-state index in [0.717, 1.165) is 24.6 Å². The van der Waals surface area contributed by atoms with Crippen LogP contribution >= 0.6 is 0 Å². The number of nitrogens with zero attached hydrogens (tertiary/aromatic N) is 1. The molecule has 1 aromatic carbocycles. The fourth-order valence-corrected chi connectivity index (χ4v) is 2.74. The van der Waals surface area contributed by atoms with Crippen LogP contribution in [0.3, 0.4) is 0 Å². The predicted molar refractivity (Wildman–Crippen MR) is 78.3 cm³/mol. The van der Waals surface area contributed by atoms with Gasteiger partial charge in [-0.25, -0.2) is 9.18 Å². The number of hydrogen-bond acceptors (Lipinski definition) is 2. The highest BCUT2D eigenvalue weighted by molar-refractivity contribution is 5.85. The first-order chi connectivity index (χ1) is 9.56. The van der Waals surface area contributed by atoms with Crippen LogP contribution in [-0.4, -0.2) is 24.2 Å². The molecule has 1 saturated carbocycles. The molecule has 0 spiro atoms. The van der Waals surface area contributed by atoms with Gasteiger partial charge in [0, 0.05) is 24.9 Å². The Bertz CT molecular complexity index is 507. The van der Waals surface area contributed by atoms with Crippen LogP contribution in [0.5, 0.6) is 0 Å². The molecule has 0 bridgehead atoms. The van der Waals surface area contributed by atoms with Gasteiger partial charge in [-0.1, -0.05) is 19.3 Å². The largest absolute Gasteiger partial charge is 0.478 e. The first-order valence-corrected chi connectivity index (χ1v) is 7.00. The molecule has 1 N–H and O–H groups in total. The molecule has 1 aromatic rings. The fourth-order valence-electron chi connectivity index (χ4n) is 2.74. The van der Waals surface area contributed by atoms with E-state index >= 15 is 0 Å². The van der Waals surface area contributed by atoms with Crippen LogP contribution in [0.25, 0.3) is 6.08 Å². The second kappa shape index (κ2) is 6.55. The van der Waals surface area contributed by atoms with Crippen LogP contribution in [0.4, 0.5) is 10.1 Å². The molecule has 4 heteroatoms. The van der Waals surface area contributed by atoms with Gasteiger partial charge in [0.05, 0.1) is 0 Å². The van der Waals surface area contributed by atoms with Gasteiger partial charge in [-0.15, -0.1) is 0 Å². The first kappa shape index (κ1) is 14.6. The molecule has 108 valence electrons. The summed E-state index contributed by atoms with van der Waals surface area (Å²) in [5.74, 6) is -1.37. The highest BCUT2D eigenvalue weighted by Gasteiger charge is 2.18. The van der Waals surface area contributed by atoms with E-state index in [1.165, 1.54) is 37.5 Å². The van der Waals surface area contributed by atoms with Crippen molar-refractivity contribution in [3.63, 3.8) is 0 Å². The predicted octanol–water partition coefficient (Wildman–Crippen LogP) is 3.69. The van der Waals surface area contributed by atoms with Crippen molar-refractivity contribution in [2.24, 2.45) is 0 Å². The number of benzene rings is 1. The molecule has 20 heavy (non-hydrogen) atoms. The number of carboxylic acids is 1. The van der Waals surface area contributed by atoms with Crippen LogP contribution in [0.15, 0.2) is 24.3 Å². The Balaban J connectivity index is 2.20. The maximum Gasteiger partial charge on any atom is 0.328 e. The Hall–Kier alpha value is -1.84. The van der Waals surface area contributed by atoms with E-state index < -0.39 is 5.97 Å². The lowest BCUT2D eigenvalue weighted by Crippen LogP contribution is -2.33. The molecule has 0 saturated heterocycles. The monoisotopic (exact) mass is 277 g/mol. The molecule has 3 nitrogen and oxygen atoms in total. The maximum absolute atomic E-state index is 13.7. The van der Waals surface area contributed by atoms with Gasteiger partial charge in [0.25, 0.3) is 0 Å². The molecule has 0 heterocycles. The molecule has 1 fully saturated rings. The summed E-state index contributed by atoms with van der Waals surface area (Å²) in [5.41, 5.74) is 1.38. The molecule has 2 rings (SSSR count). The molecule has 0 aliphatic heterocycles. The first-order valence-electron chi connectivity index (χ1n) is 7.00. The molecule has 0 amide bonds. The zero-order valence-corrected chi connectivity index (χ0v) is 11.7. The van der Waals surface area contributed by atoms with E-state index in [1.54, 1.807) is 0 Å². The highest BCUT2D eigenvalue weighted by atomic mass is 19.1. The number of rotatable bonds is 4. The summed E-state index contributed by atoms with van der Waals surface area (Å²) in [6, 6.07) is 5.13. The van der Waals surface area contributed by atoms with E-state index in [0.29, 0.717) is 11.6 Å². The minimum Gasteiger partial charge on any atom is -0.478 e. The van der Waals surface area contributed by atoms with Gasteiger partial charge in [0.2, 0.25) is 0 Å². The third kappa shape index (κ3) is 3.83. The van der Waals surface area contributed by atoms with Gasteiger partial charge >= 0.3 is 5.97 Å². The van der Waals surface area contributed by atoms with Crippen LogP contribution in [0.2, 0.25) is 0 Å².